The lowest BCUT2D eigenvalue weighted by Crippen LogP contribution is -2.35. The van der Waals surface area contributed by atoms with Crippen molar-refractivity contribution in [3.8, 4) is 0 Å². The Morgan fingerprint density at radius 2 is 1.96 bits per heavy atom. The van der Waals surface area contributed by atoms with Gasteiger partial charge in [0.15, 0.2) is 0 Å². The number of rotatable bonds is 4. The van der Waals surface area contributed by atoms with Gasteiger partial charge in [-0.15, -0.1) is 22.7 Å². The molecule has 0 aliphatic carbocycles. The molecular weight excluding hydrogens is 364 g/mol. The topological polar surface area (TPSA) is 49.4 Å². The van der Waals surface area contributed by atoms with Crippen LogP contribution < -0.4 is 5.32 Å². The molecule has 3 aromatic rings. The predicted octanol–water partition coefficient (Wildman–Crippen LogP) is 3.94. The molecule has 0 spiro atoms. The summed E-state index contributed by atoms with van der Waals surface area (Å²) < 4.78 is 0. The molecule has 0 atom stereocenters. The summed E-state index contributed by atoms with van der Waals surface area (Å²) in [4.78, 5) is 30.0. The zero-order valence-corrected chi connectivity index (χ0v) is 15.7. The molecule has 1 aliphatic rings. The van der Waals surface area contributed by atoms with Gasteiger partial charge >= 0.3 is 0 Å². The largest absolute Gasteiger partial charge is 0.346 e. The molecule has 26 heavy (non-hydrogen) atoms. The molecule has 0 saturated carbocycles. The van der Waals surface area contributed by atoms with Crippen LogP contribution in [0.25, 0.3) is 0 Å². The first kappa shape index (κ1) is 17.0. The Hall–Kier alpha value is -2.44. The van der Waals surface area contributed by atoms with E-state index in [1.165, 1.54) is 4.88 Å². The second-order valence-electron chi connectivity index (χ2n) is 6.16. The van der Waals surface area contributed by atoms with Crippen molar-refractivity contribution in [1.82, 2.24) is 10.2 Å². The third kappa shape index (κ3) is 3.57. The number of carbonyl (C=O) groups excluding carboxylic acids is 2. The van der Waals surface area contributed by atoms with Crippen LogP contribution in [0.5, 0.6) is 0 Å². The molecule has 0 fully saturated rings. The van der Waals surface area contributed by atoms with E-state index in [1.807, 2.05) is 58.8 Å². The van der Waals surface area contributed by atoms with Crippen molar-refractivity contribution < 1.29 is 9.59 Å². The van der Waals surface area contributed by atoms with Gasteiger partial charge in [0, 0.05) is 28.4 Å². The van der Waals surface area contributed by atoms with E-state index in [2.05, 4.69) is 5.32 Å². The smallest absolute Gasteiger partial charge is 0.261 e. The van der Waals surface area contributed by atoms with E-state index in [-0.39, 0.29) is 11.8 Å². The zero-order chi connectivity index (χ0) is 17.9. The van der Waals surface area contributed by atoms with Gasteiger partial charge in [-0.1, -0.05) is 24.3 Å². The molecule has 2 aromatic heterocycles. The summed E-state index contributed by atoms with van der Waals surface area (Å²) >= 11 is 3.18. The summed E-state index contributed by atoms with van der Waals surface area (Å²) in [5.41, 5.74) is 1.80. The van der Waals surface area contributed by atoms with Gasteiger partial charge < -0.3 is 10.2 Å². The predicted molar refractivity (Wildman–Crippen MR) is 105 cm³/mol. The Bertz CT molecular complexity index is 917. The number of amides is 2. The molecule has 0 saturated heterocycles. The molecule has 0 bridgehead atoms. The van der Waals surface area contributed by atoms with Crippen molar-refractivity contribution in [3.63, 3.8) is 0 Å². The van der Waals surface area contributed by atoms with Gasteiger partial charge in [-0.3, -0.25) is 9.59 Å². The van der Waals surface area contributed by atoms with E-state index in [9.17, 15) is 9.59 Å². The van der Waals surface area contributed by atoms with Crippen LogP contribution in [0.2, 0.25) is 0 Å². The van der Waals surface area contributed by atoms with Crippen LogP contribution >= 0.6 is 22.7 Å². The maximum absolute atomic E-state index is 12.6. The summed E-state index contributed by atoms with van der Waals surface area (Å²) in [5.74, 6) is 0.00452. The lowest BCUT2D eigenvalue weighted by Gasteiger charge is -2.27. The molecule has 6 heteroatoms. The van der Waals surface area contributed by atoms with Gasteiger partial charge in [-0.05, 0) is 41.6 Å². The van der Waals surface area contributed by atoms with E-state index in [0.717, 1.165) is 21.7 Å². The van der Waals surface area contributed by atoms with Crippen LogP contribution in [-0.4, -0.2) is 23.3 Å². The van der Waals surface area contributed by atoms with E-state index in [4.69, 9.17) is 0 Å². The van der Waals surface area contributed by atoms with Crippen molar-refractivity contribution in [2.45, 2.75) is 19.5 Å². The monoisotopic (exact) mass is 382 g/mol. The van der Waals surface area contributed by atoms with E-state index in [1.54, 1.807) is 22.7 Å². The molecule has 0 radical (unpaired) electrons. The molecule has 132 valence electrons. The van der Waals surface area contributed by atoms with Crippen molar-refractivity contribution in [2.24, 2.45) is 0 Å². The molecule has 2 amide bonds. The number of hydrogen-bond donors (Lipinski definition) is 1. The molecule has 1 aliphatic heterocycles. The quantitative estimate of drug-likeness (QED) is 0.743. The summed E-state index contributed by atoms with van der Waals surface area (Å²) in [7, 11) is 0. The lowest BCUT2D eigenvalue weighted by molar-refractivity contribution is 0.0736. The van der Waals surface area contributed by atoms with Gasteiger partial charge in [0.05, 0.1) is 11.4 Å². The highest BCUT2D eigenvalue weighted by molar-refractivity contribution is 7.14. The molecule has 4 rings (SSSR count). The standard InChI is InChI=1S/C20H18N2O2S2/c23-19(21-12-16-7-4-10-25-16)18-11-15-13-22(9-8-17(15)26-18)20(24)14-5-2-1-3-6-14/h1-7,10-11H,8-9,12-13H2,(H,21,23). The van der Waals surface area contributed by atoms with Crippen molar-refractivity contribution in [2.75, 3.05) is 6.54 Å². The number of nitrogens with one attached hydrogen (secondary N) is 1. The molecule has 3 heterocycles. The normalized spacial score (nSPS) is 13.3. The summed E-state index contributed by atoms with van der Waals surface area (Å²) in [6.45, 7) is 1.81. The van der Waals surface area contributed by atoms with Gasteiger partial charge in [-0.2, -0.15) is 0 Å². The number of carbonyl (C=O) groups is 2. The van der Waals surface area contributed by atoms with E-state index < -0.39 is 0 Å². The zero-order valence-electron chi connectivity index (χ0n) is 14.1. The second-order valence-corrected chi connectivity index (χ2v) is 8.33. The van der Waals surface area contributed by atoms with Gasteiger partial charge in [0.25, 0.3) is 11.8 Å². The third-order valence-electron chi connectivity index (χ3n) is 4.40. The fraction of sp³-hybridized carbons (Fsp3) is 0.200. The minimum Gasteiger partial charge on any atom is -0.346 e. The van der Waals surface area contributed by atoms with Crippen LogP contribution in [-0.2, 0) is 19.5 Å². The lowest BCUT2D eigenvalue weighted by atomic mass is 10.1. The van der Waals surface area contributed by atoms with Crippen molar-refractivity contribution in [3.05, 3.63) is 79.7 Å². The van der Waals surface area contributed by atoms with E-state index >= 15 is 0 Å². The Balaban J connectivity index is 1.43. The molecule has 0 unspecified atom stereocenters. The number of benzene rings is 1. The number of fused-ring (bicyclic) bond motifs is 1. The molecule has 4 nitrogen and oxygen atoms in total. The molecule has 1 N–H and O–H groups in total. The average molecular weight is 383 g/mol. The number of nitrogens with zero attached hydrogens (tertiary/aromatic N) is 1. The van der Waals surface area contributed by atoms with Crippen LogP contribution in [0.4, 0.5) is 0 Å². The SMILES string of the molecule is O=C(NCc1cccs1)c1cc2c(s1)CCN(C(=O)c1ccccc1)C2. The second kappa shape index (κ2) is 7.43. The van der Waals surface area contributed by atoms with Crippen LogP contribution in [0, 0.1) is 0 Å². The molecular formula is C20H18N2O2S2. The minimum atomic E-state index is -0.0428. The summed E-state index contributed by atoms with van der Waals surface area (Å²) in [6, 6.07) is 15.3. The van der Waals surface area contributed by atoms with Crippen LogP contribution in [0.1, 0.15) is 35.3 Å². The van der Waals surface area contributed by atoms with Crippen molar-refractivity contribution >= 4 is 34.5 Å². The maximum Gasteiger partial charge on any atom is 0.261 e. The minimum absolute atomic E-state index is 0.0428. The van der Waals surface area contributed by atoms with Gasteiger partial charge in [0.2, 0.25) is 0 Å². The fourth-order valence-electron chi connectivity index (χ4n) is 3.05. The fourth-order valence-corrected chi connectivity index (χ4v) is 4.77. The first-order valence-corrected chi connectivity index (χ1v) is 10.2. The van der Waals surface area contributed by atoms with Crippen LogP contribution in [0.3, 0.4) is 0 Å². The Labute approximate surface area is 160 Å². The maximum atomic E-state index is 12.6. The van der Waals surface area contributed by atoms with Gasteiger partial charge in [0.1, 0.15) is 0 Å². The van der Waals surface area contributed by atoms with Crippen LogP contribution in [0.15, 0.2) is 53.9 Å². The highest BCUT2D eigenvalue weighted by atomic mass is 32.1. The average Bonchev–Trinajstić information content (AvgIpc) is 3.35. The third-order valence-corrected chi connectivity index (χ3v) is 6.51. The number of hydrogen-bond acceptors (Lipinski definition) is 4. The summed E-state index contributed by atoms with van der Waals surface area (Å²) in [5, 5.41) is 4.98. The molecule has 1 aromatic carbocycles. The highest BCUT2D eigenvalue weighted by Crippen LogP contribution is 2.29. The van der Waals surface area contributed by atoms with Gasteiger partial charge in [-0.25, -0.2) is 0 Å². The Kier molecular flexibility index (Phi) is 4.86. The highest BCUT2D eigenvalue weighted by Gasteiger charge is 2.25. The number of thiophene rings is 2. The Morgan fingerprint density at radius 3 is 2.73 bits per heavy atom. The first-order chi connectivity index (χ1) is 12.7. The Morgan fingerprint density at radius 1 is 1.12 bits per heavy atom. The van der Waals surface area contributed by atoms with Crippen molar-refractivity contribution in [1.29, 1.82) is 0 Å². The van der Waals surface area contributed by atoms with E-state index in [0.29, 0.717) is 25.2 Å². The summed E-state index contributed by atoms with van der Waals surface area (Å²) in [6.07, 6.45) is 0.802. The first-order valence-electron chi connectivity index (χ1n) is 8.47.